The third kappa shape index (κ3) is 7.06. The van der Waals surface area contributed by atoms with E-state index in [0.29, 0.717) is 47.9 Å². The number of rotatable bonds is 4. The van der Waals surface area contributed by atoms with Crippen LogP contribution in [0.1, 0.15) is 172 Å². The Kier molecular flexibility index (Phi) is 10.0. The van der Waals surface area contributed by atoms with Gasteiger partial charge in [-0.25, -0.2) is 0 Å². The minimum atomic E-state index is -0.346. The van der Waals surface area contributed by atoms with Crippen LogP contribution in [-0.4, -0.2) is 54.6 Å². The molecule has 8 aromatic rings. The lowest BCUT2D eigenvalue weighted by Gasteiger charge is -2.36. The van der Waals surface area contributed by atoms with Gasteiger partial charge in [0.25, 0.3) is 23.6 Å². The van der Waals surface area contributed by atoms with Crippen LogP contribution in [0.3, 0.4) is 0 Å². The van der Waals surface area contributed by atoms with E-state index in [1.54, 1.807) is 12.1 Å². The van der Waals surface area contributed by atoms with Crippen molar-refractivity contribution in [3.8, 4) is 11.4 Å². The molecule has 4 amide bonds. The van der Waals surface area contributed by atoms with Gasteiger partial charge >= 0.3 is 0 Å². The maximum atomic E-state index is 14.4. The quantitative estimate of drug-likeness (QED) is 0.165. The van der Waals surface area contributed by atoms with Gasteiger partial charge in [-0.15, -0.1) is 0 Å². The lowest BCUT2D eigenvalue weighted by molar-refractivity contribution is 0.0424. The van der Waals surface area contributed by atoms with E-state index in [1.807, 2.05) is 24.3 Å². The van der Waals surface area contributed by atoms with Crippen molar-refractivity contribution < 1.29 is 19.2 Å². The van der Waals surface area contributed by atoms with Crippen molar-refractivity contribution in [2.75, 3.05) is 0 Å². The molecule has 1 saturated carbocycles. The minimum Gasteiger partial charge on any atom is -0.309 e. The predicted molar refractivity (Wildman–Crippen MR) is 283 cm³/mol. The lowest BCUT2D eigenvalue weighted by Crippen LogP contribution is -2.47. The predicted octanol–water partition coefficient (Wildman–Crippen LogP) is 14.3. The summed E-state index contributed by atoms with van der Waals surface area (Å²) in [6, 6.07) is 37.3. The molecule has 8 nitrogen and oxygen atoms in total. The van der Waals surface area contributed by atoms with Gasteiger partial charge in [0.05, 0.1) is 44.3 Å². The summed E-state index contributed by atoms with van der Waals surface area (Å²) in [5, 5.41) is 4.61. The van der Waals surface area contributed by atoms with Crippen LogP contribution >= 0.6 is 0 Å². The molecule has 0 atom stereocenters. The molecule has 3 aliphatic rings. The van der Waals surface area contributed by atoms with E-state index in [2.05, 4.69) is 165 Å². The van der Waals surface area contributed by atoms with E-state index in [0.717, 1.165) is 55.0 Å². The maximum Gasteiger partial charge on any atom is 0.261 e. The van der Waals surface area contributed by atoms with Crippen LogP contribution in [-0.2, 0) is 21.7 Å². The van der Waals surface area contributed by atoms with Crippen molar-refractivity contribution in [2.45, 2.75) is 143 Å². The Bertz CT molecular complexity index is 3210. The molecule has 1 aliphatic carbocycles. The van der Waals surface area contributed by atoms with E-state index in [4.69, 9.17) is 0 Å². The fraction of sp³-hybridized carbons (Fsp3) is 0.355. The van der Waals surface area contributed by atoms with Gasteiger partial charge in [-0.3, -0.25) is 29.0 Å². The van der Waals surface area contributed by atoms with Crippen LogP contribution in [0.5, 0.6) is 0 Å². The molecule has 2 aliphatic heterocycles. The second-order valence-electron chi connectivity index (χ2n) is 24.5. The van der Waals surface area contributed by atoms with Gasteiger partial charge in [0.15, 0.2) is 0 Å². The molecule has 70 heavy (non-hydrogen) atoms. The van der Waals surface area contributed by atoms with Crippen LogP contribution in [0.4, 0.5) is 0 Å². The highest BCUT2D eigenvalue weighted by Gasteiger charge is 2.46. The first-order chi connectivity index (χ1) is 32.9. The molecule has 0 radical (unpaired) electrons. The van der Waals surface area contributed by atoms with E-state index in [-0.39, 0.29) is 57.4 Å². The molecule has 2 aromatic heterocycles. The zero-order valence-electron chi connectivity index (χ0n) is 42.8. The molecular formula is C62H64N4O4. The topological polar surface area (TPSA) is 84.6 Å². The summed E-state index contributed by atoms with van der Waals surface area (Å²) in [5.74, 6) is -1.16. The first kappa shape index (κ1) is 45.6. The Labute approximate surface area is 411 Å². The number of hydrogen-bond donors (Lipinski definition) is 0. The van der Waals surface area contributed by atoms with Crippen LogP contribution in [0.15, 0.2) is 109 Å². The number of hydrogen-bond acceptors (Lipinski definition) is 4. The monoisotopic (exact) mass is 928 g/mol. The Morgan fingerprint density at radius 2 is 0.586 bits per heavy atom. The van der Waals surface area contributed by atoms with Gasteiger partial charge in [0.1, 0.15) is 0 Å². The first-order valence-corrected chi connectivity index (χ1v) is 25.1. The number of carbonyl (C=O) groups excluding carboxylic acids is 4. The largest absolute Gasteiger partial charge is 0.309 e. The van der Waals surface area contributed by atoms with Gasteiger partial charge in [0, 0.05) is 45.0 Å². The highest BCUT2D eigenvalue weighted by atomic mass is 16.2. The average Bonchev–Trinajstić information content (AvgIpc) is 3.97. The first-order valence-electron chi connectivity index (χ1n) is 25.1. The van der Waals surface area contributed by atoms with E-state index in [9.17, 15) is 19.2 Å². The van der Waals surface area contributed by atoms with Crippen molar-refractivity contribution in [1.82, 2.24) is 18.9 Å². The third-order valence-corrected chi connectivity index (χ3v) is 15.7. The molecule has 8 heteroatoms. The van der Waals surface area contributed by atoms with Gasteiger partial charge in [-0.2, -0.15) is 0 Å². The lowest BCUT2D eigenvalue weighted by atomic mass is 9.85. The molecular weight excluding hydrogens is 865 g/mol. The maximum absolute atomic E-state index is 14.4. The van der Waals surface area contributed by atoms with Gasteiger partial charge in [0.2, 0.25) is 0 Å². The number of carbonyl (C=O) groups is 4. The van der Waals surface area contributed by atoms with Gasteiger partial charge < -0.3 is 9.13 Å². The van der Waals surface area contributed by atoms with Gasteiger partial charge in [-0.1, -0.05) is 107 Å². The fourth-order valence-electron chi connectivity index (χ4n) is 11.5. The second-order valence-corrected chi connectivity index (χ2v) is 24.5. The standard InChI is InChI=1S/C62H64N4O4/c1-59(2,3)35-13-25-51-45(29-35)46-30-36(60(4,5)6)14-26-52(46)63(51)41-21-23-43-49(33-41)57(69)65(55(43)67)39-17-19-40(20-18-39)66-56(68)44-24-22-42(34-50(44)58(66)70)64-53-27-15-37(61(7,8)9)31-47(53)48-32-38(62(10,11)12)16-28-54(48)64/h13-16,21-34,39-40H,17-20H2,1-12H3. The van der Waals surface area contributed by atoms with E-state index < -0.39 is 0 Å². The summed E-state index contributed by atoms with van der Waals surface area (Å²) in [5.41, 5.74) is 12.3. The Morgan fingerprint density at radius 1 is 0.329 bits per heavy atom. The van der Waals surface area contributed by atoms with E-state index >= 15 is 0 Å². The SMILES string of the molecule is CC(C)(C)c1ccc2c(c1)c1cc(C(C)(C)C)ccc1n2-c1ccc2c(c1)C(=O)N(C1CCC(N3C(=O)c4ccc(-n5c6ccc(C(C)(C)C)cc6c6cc(C(C)(C)C)ccc65)cc4C3=O)CC1)C2=O. The zero-order chi connectivity index (χ0) is 49.7. The number of amides is 4. The molecule has 0 saturated heterocycles. The van der Waals surface area contributed by atoms with Crippen molar-refractivity contribution >= 4 is 67.2 Å². The molecule has 0 unspecified atom stereocenters. The summed E-state index contributed by atoms with van der Waals surface area (Å²) < 4.78 is 4.43. The summed E-state index contributed by atoms with van der Waals surface area (Å²) in [7, 11) is 0. The molecule has 11 rings (SSSR count). The smallest absolute Gasteiger partial charge is 0.261 e. The number of aromatic nitrogens is 2. The molecule has 6 aromatic carbocycles. The zero-order valence-corrected chi connectivity index (χ0v) is 42.8. The van der Waals surface area contributed by atoms with E-state index in [1.165, 1.54) is 32.1 Å². The molecule has 0 spiro atoms. The summed E-state index contributed by atoms with van der Waals surface area (Å²) in [4.78, 5) is 60.1. The fourth-order valence-corrected chi connectivity index (χ4v) is 11.5. The molecule has 1 fully saturated rings. The van der Waals surface area contributed by atoms with Crippen molar-refractivity contribution in [3.63, 3.8) is 0 Å². The van der Waals surface area contributed by atoms with Crippen LogP contribution in [0.2, 0.25) is 0 Å². The minimum absolute atomic E-state index is 0.0359. The van der Waals surface area contributed by atoms with Crippen LogP contribution < -0.4 is 0 Å². The summed E-state index contributed by atoms with van der Waals surface area (Å²) in [6.07, 6.45) is 1.98. The Balaban J connectivity index is 0.857. The van der Waals surface area contributed by atoms with Crippen LogP contribution in [0, 0.1) is 0 Å². The number of fused-ring (bicyclic) bond motifs is 8. The average molecular weight is 929 g/mol. The molecule has 4 heterocycles. The van der Waals surface area contributed by atoms with Crippen molar-refractivity contribution in [3.05, 3.63) is 154 Å². The van der Waals surface area contributed by atoms with Crippen molar-refractivity contribution in [1.29, 1.82) is 0 Å². The normalized spacial score (nSPS) is 18.1. The highest BCUT2D eigenvalue weighted by Crippen LogP contribution is 2.42. The molecule has 356 valence electrons. The number of nitrogens with zero attached hydrogens (tertiary/aromatic N) is 4. The van der Waals surface area contributed by atoms with Crippen molar-refractivity contribution in [2.24, 2.45) is 0 Å². The summed E-state index contributed by atoms with van der Waals surface area (Å²) >= 11 is 0. The summed E-state index contributed by atoms with van der Waals surface area (Å²) in [6.45, 7) is 26.7. The Hall–Kier alpha value is -6.80. The second kappa shape index (κ2) is 15.3. The Morgan fingerprint density at radius 3 is 0.843 bits per heavy atom. The molecule has 0 N–H and O–H groups in total. The highest BCUT2D eigenvalue weighted by molar-refractivity contribution is 6.23. The number of benzene rings is 6. The number of imide groups is 2. The van der Waals surface area contributed by atoms with Crippen LogP contribution in [0.25, 0.3) is 55.0 Å². The molecule has 0 bridgehead atoms. The van der Waals surface area contributed by atoms with Gasteiger partial charge in [-0.05, 0) is 155 Å². The third-order valence-electron chi connectivity index (χ3n) is 15.7.